The second-order valence-corrected chi connectivity index (χ2v) is 4.03. The van der Waals surface area contributed by atoms with Gasteiger partial charge in [-0.05, 0) is 18.6 Å². The molecule has 1 aromatic carbocycles. The zero-order valence-corrected chi connectivity index (χ0v) is 9.69. The molecule has 16 heavy (non-hydrogen) atoms. The van der Waals surface area contributed by atoms with Gasteiger partial charge in [-0.15, -0.1) is 0 Å². The molecule has 0 fully saturated rings. The molecule has 0 saturated carbocycles. The number of nitrogens with zero attached hydrogens (tertiary/aromatic N) is 2. The molecule has 4 nitrogen and oxygen atoms in total. The minimum absolute atomic E-state index is 0.334. The van der Waals surface area contributed by atoms with Crippen LogP contribution in [0.4, 0.5) is 11.6 Å². The van der Waals surface area contributed by atoms with Gasteiger partial charge in [-0.2, -0.15) is 0 Å². The maximum absolute atomic E-state index is 5.53. The minimum atomic E-state index is 0.334. The SMILES string of the molecule is Cc1ccc(-c2cc(N)on2)c(N(C)C)c1. The van der Waals surface area contributed by atoms with Crippen molar-refractivity contribution in [3.05, 3.63) is 29.8 Å². The summed E-state index contributed by atoms with van der Waals surface area (Å²) in [4.78, 5) is 2.05. The third kappa shape index (κ3) is 1.86. The van der Waals surface area contributed by atoms with Gasteiger partial charge in [-0.3, -0.25) is 0 Å². The van der Waals surface area contributed by atoms with Crippen molar-refractivity contribution in [1.82, 2.24) is 5.16 Å². The van der Waals surface area contributed by atoms with Crippen LogP contribution in [0.2, 0.25) is 0 Å². The summed E-state index contributed by atoms with van der Waals surface area (Å²) < 4.78 is 4.89. The quantitative estimate of drug-likeness (QED) is 0.838. The highest BCUT2D eigenvalue weighted by atomic mass is 16.5. The van der Waals surface area contributed by atoms with E-state index < -0.39 is 0 Å². The van der Waals surface area contributed by atoms with Gasteiger partial charge in [-0.25, -0.2) is 0 Å². The maximum atomic E-state index is 5.53. The van der Waals surface area contributed by atoms with Crippen molar-refractivity contribution in [3.8, 4) is 11.3 Å². The fraction of sp³-hybridized carbons (Fsp3) is 0.250. The molecule has 0 atom stereocenters. The lowest BCUT2D eigenvalue weighted by Gasteiger charge is -2.16. The molecule has 0 saturated heterocycles. The van der Waals surface area contributed by atoms with E-state index in [1.807, 2.05) is 31.1 Å². The molecule has 0 unspecified atom stereocenters. The third-order valence-electron chi connectivity index (χ3n) is 2.44. The molecule has 0 aliphatic carbocycles. The number of hydrogen-bond acceptors (Lipinski definition) is 4. The monoisotopic (exact) mass is 217 g/mol. The molecular formula is C12H15N3O. The second kappa shape index (κ2) is 3.89. The first-order chi connectivity index (χ1) is 7.58. The lowest BCUT2D eigenvalue weighted by molar-refractivity contribution is 0.439. The highest BCUT2D eigenvalue weighted by Crippen LogP contribution is 2.30. The van der Waals surface area contributed by atoms with Crippen LogP contribution in [0.5, 0.6) is 0 Å². The largest absolute Gasteiger partial charge is 0.377 e. The van der Waals surface area contributed by atoms with Crippen molar-refractivity contribution in [3.63, 3.8) is 0 Å². The Labute approximate surface area is 94.6 Å². The highest BCUT2D eigenvalue weighted by molar-refractivity contribution is 5.77. The van der Waals surface area contributed by atoms with Gasteiger partial charge in [0.2, 0.25) is 5.88 Å². The first-order valence-electron chi connectivity index (χ1n) is 5.08. The smallest absolute Gasteiger partial charge is 0.222 e. The van der Waals surface area contributed by atoms with E-state index in [-0.39, 0.29) is 0 Å². The van der Waals surface area contributed by atoms with Crippen LogP contribution in [0.15, 0.2) is 28.8 Å². The molecule has 1 heterocycles. The van der Waals surface area contributed by atoms with Crippen LogP contribution in [0.1, 0.15) is 5.56 Å². The number of nitrogen functional groups attached to an aromatic ring is 1. The Morgan fingerprint density at radius 2 is 2.00 bits per heavy atom. The average Bonchev–Trinajstić information content (AvgIpc) is 2.64. The minimum Gasteiger partial charge on any atom is -0.377 e. The summed E-state index contributed by atoms with van der Waals surface area (Å²) >= 11 is 0. The van der Waals surface area contributed by atoms with Gasteiger partial charge in [0.05, 0.1) is 0 Å². The zero-order chi connectivity index (χ0) is 11.7. The number of benzene rings is 1. The third-order valence-corrected chi connectivity index (χ3v) is 2.44. The van der Waals surface area contributed by atoms with Gasteiger partial charge in [0.25, 0.3) is 0 Å². The summed E-state index contributed by atoms with van der Waals surface area (Å²) in [6.45, 7) is 2.06. The van der Waals surface area contributed by atoms with Crippen molar-refractivity contribution in [1.29, 1.82) is 0 Å². The first-order valence-corrected chi connectivity index (χ1v) is 5.08. The number of aryl methyl sites for hydroxylation is 1. The number of aromatic nitrogens is 1. The van der Waals surface area contributed by atoms with Crippen LogP contribution in [0.25, 0.3) is 11.3 Å². The summed E-state index contributed by atoms with van der Waals surface area (Å²) in [7, 11) is 4.00. The second-order valence-electron chi connectivity index (χ2n) is 4.03. The number of rotatable bonds is 2. The Balaban J connectivity index is 2.56. The Hall–Kier alpha value is -1.97. The fourth-order valence-corrected chi connectivity index (χ4v) is 1.64. The molecule has 1 aromatic heterocycles. The van der Waals surface area contributed by atoms with E-state index in [9.17, 15) is 0 Å². The van der Waals surface area contributed by atoms with Gasteiger partial charge >= 0.3 is 0 Å². The van der Waals surface area contributed by atoms with E-state index >= 15 is 0 Å². The predicted molar refractivity (Wildman–Crippen MR) is 65.4 cm³/mol. The van der Waals surface area contributed by atoms with Gasteiger partial charge < -0.3 is 15.2 Å². The van der Waals surface area contributed by atoms with Crippen LogP contribution >= 0.6 is 0 Å². The summed E-state index contributed by atoms with van der Waals surface area (Å²) in [5.74, 6) is 0.334. The van der Waals surface area contributed by atoms with Crippen LogP contribution in [-0.2, 0) is 0 Å². The topological polar surface area (TPSA) is 55.3 Å². The highest BCUT2D eigenvalue weighted by Gasteiger charge is 2.11. The maximum Gasteiger partial charge on any atom is 0.222 e. The summed E-state index contributed by atoms with van der Waals surface area (Å²) in [6, 6.07) is 7.92. The van der Waals surface area contributed by atoms with E-state index in [4.69, 9.17) is 10.3 Å². The van der Waals surface area contributed by atoms with E-state index in [1.54, 1.807) is 6.07 Å². The Kier molecular flexibility index (Phi) is 2.56. The molecule has 4 heteroatoms. The van der Waals surface area contributed by atoms with Gasteiger partial charge in [0.15, 0.2) is 0 Å². The fourth-order valence-electron chi connectivity index (χ4n) is 1.64. The molecule has 0 aliphatic heterocycles. The Bertz CT molecular complexity index is 503. The molecule has 2 rings (SSSR count). The molecule has 2 aromatic rings. The van der Waals surface area contributed by atoms with E-state index in [0.29, 0.717) is 5.88 Å². The van der Waals surface area contributed by atoms with Crippen molar-refractivity contribution in [2.45, 2.75) is 6.92 Å². The van der Waals surface area contributed by atoms with Crippen LogP contribution in [0, 0.1) is 6.92 Å². The summed E-state index contributed by atoms with van der Waals surface area (Å²) in [5, 5.41) is 3.93. The van der Waals surface area contributed by atoms with E-state index in [0.717, 1.165) is 16.9 Å². The number of nitrogens with two attached hydrogens (primary N) is 1. The van der Waals surface area contributed by atoms with Crippen LogP contribution in [-0.4, -0.2) is 19.3 Å². The standard InChI is InChI=1S/C12H15N3O/c1-8-4-5-9(11(6-8)15(2)3)10-7-12(13)16-14-10/h4-7H,13H2,1-3H3. The average molecular weight is 217 g/mol. The molecule has 84 valence electrons. The van der Waals surface area contributed by atoms with Crippen LogP contribution < -0.4 is 10.6 Å². The van der Waals surface area contributed by atoms with Crippen molar-refractivity contribution in [2.75, 3.05) is 24.7 Å². The molecular weight excluding hydrogens is 202 g/mol. The number of hydrogen-bond donors (Lipinski definition) is 1. The predicted octanol–water partition coefficient (Wildman–Crippen LogP) is 2.30. The van der Waals surface area contributed by atoms with Crippen LogP contribution in [0.3, 0.4) is 0 Å². The van der Waals surface area contributed by atoms with Gasteiger partial charge in [0.1, 0.15) is 5.69 Å². The van der Waals surface area contributed by atoms with Gasteiger partial charge in [-0.1, -0.05) is 17.3 Å². The molecule has 0 radical (unpaired) electrons. The van der Waals surface area contributed by atoms with Crippen molar-refractivity contribution in [2.24, 2.45) is 0 Å². The number of anilines is 2. The zero-order valence-electron chi connectivity index (χ0n) is 9.69. The van der Waals surface area contributed by atoms with E-state index in [1.165, 1.54) is 5.56 Å². The van der Waals surface area contributed by atoms with Crippen molar-refractivity contribution < 1.29 is 4.52 Å². The first kappa shape index (κ1) is 10.5. The lowest BCUT2D eigenvalue weighted by atomic mass is 10.1. The molecule has 0 spiro atoms. The van der Waals surface area contributed by atoms with E-state index in [2.05, 4.69) is 18.1 Å². The Morgan fingerprint density at radius 3 is 2.56 bits per heavy atom. The normalized spacial score (nSPS) is 10.4. The molecule has 0 aliphatic rings. The van der Waals surface area contributed by atoms with Gasteiger partial charge in [0, 0.05) is 31.4 Å². The Morgan fingerprint density at radius 1 is 1.25 bits per heavy atom. The molecule has 0 bridgehead atoms. The molecule has 0 amide bonds. The molecule has 2 N–H and O–H groups in total. The summed E-state index contributed by atoms with van der Waals surface area (Å²) in [5.41, 5.74) is 9.64. The van der Waals surface area contributed by atoms with Crippen molar-refractivity contribution >= 4 is 11.6 Å². The lowest BCUT2D eigenvalue weighted by Crippen LogP contribution is -2.10. The summed E-state index contributed by atoms with van der Waals surface area (Å²) in [6.07, 6.45) is 0.